The number of hydrogen-bond donors (Lipinski definition) is 4. The molecule has 4 heterocycles. The third kappa shape index (κ3) is 7.69. The number of carbonyl (C=O) groups is 3. The van der Waals surface area contributed by atoms with E-state index in [2.05, 4.69) is 15.5 Å². The molecule has 6 rings (SSSR count). The van der Waals surface area contributed by atoms with Crippen LogP contribution in [0, 0.1) is 5.82 Å². The fourth-order valence-electron chi connectivity index (χ4n) is 5.49. The van der Waals surface area contributed by atoms with Crippen LogP contribution in [0.2, 0.25) is 0 Å². The number of benzene rings is 2. The van der Waals surface area contributed by atoms with Gasteiger partial charge in [0.2, 0.25) is 0 Å². The Balaban J connectivity index is 0.000000624. The summed E-state index contributed by atoms with van der Waals surface area (Å²) in [5.74, 6) is -0.281. The number of imidazole rings is 1. The Morgan fingerprint density at radius 1 is 1.10 bits per heavy atom. The molecule has 224 valence electrons. The standard InChI is InChI=1S/C28H32FN5OS.2CH2O2/c29-22-16-19(23-6-4-11-30-23)7-9-21(22)24-18-34-25-10-8-20(17-26(25)36-28(34)32-24)27(35)31-12-5-15-33-13-2-1-3-14-33;2*2-1-3/h7-10,16-18,23,30H,1-6,11-15H2,(H,31,35);2*1H,(H,2,3). The van der Waals surface area contributed by atoms with Crippen LogP contribution in [0.25, 0.3) is 26.4 Å². The Labute approximate surface area is 247 Å². The normalized spacial score (nSPS) is 16.7. The fourth-order valence-corrected chi connectivity index (χ4v) is 6.53. The molecule has 2 aromatic heterocycles. The number of aromatic nitrogens is 2. The molecule has 0 saturated carbocycles. The quantitative estimate of drug-likeness (QED) is 0.176. The van der Waals surface area contributed by atoms with Crippen LogP contribution in [-0.4, -0.2) is 76.1 Å². The van der Waals surface area contributed by atoms with E-state index in [-0.39, 0.29) is 30.7 Å². The maximum Gasteiger partial charge on any atom is 0.290 e. The smallest absolute Gasteiger partial charge is 0.290 e. The predicted molar refractivity (Wildman–Crippen MR) is 161 cm³/mol. The topological polar surface area (TPSA) is 136 Å². The predicted octanol–water partition coefficient (Wildman–Crippen LogP) is 4.79. The summed E-state index contributed by atoms with van der Waals surface area (Å²) in [5, 5.41) is 20.3. The highest BCUT2D eigenvalue weighted by molar-refractivity contribution is 7.23. The third-order valence-corrected chi connectivity index (χ3v) is 8.49. The lowest BCUT2D eigenvalue weighted by molar-refractivity contribution is -0.123. The van der Waals surface area contributed by atoms with E-state index in [1.807, 2.05) is 40.9 Å². The van der Waals surface area contributed by atoms with Crippen LogP contribution in [0.3, 0.4) is 0 Å². The second-order valence-corrected chi connectivity index (χ2v) is 11.2. The Morgan fingerprint density at radius 2 is 1.86 bits per heavy atom. The maximum absolute atomic E-state index is 15.0. The van der Waals surface area contributed by atoms with Crippen molar-refractivity contribution in [1.29, 1.82) is 0 Å². The summed E-state index contributed by atoms with van der Waals surface area (Å²) in [4.78, 5) is 37.4. The van der Waals surface area contributed by atoms with E-state index in [1.165, 1.54) is 43.7 Å². The zero-order valence-corrected chi connectivity index (χ0v) is 24.1. The van der Waals surface area contributed by atoms with Gasteiger partial charge in [-0.05, 0) is 94.2 Å². The second-order valence-electron chi connectivity index (χ2n) is 10.2. The maximum atomic E-state index is 15.0. The summed E-state index contributed by atoms with van der Waals surface area (Å²) in [5.41, 5.74) is 3.77. The number of likely N-dealkylation sites (tertiary alicyclic amines) is 1. The molecule has 1 atom stereocenters. The van der Waals surface area contributed by atoms with Crippen LogP contribution >= 0.6 is 11.3 Å². The first kappa shape index (κ1) is 31.1. The number of amides is 1. The SMILES string of the molecule is O=C(NCCCN1CCCCC1)c1ccc2c(c1)sc1nc(-c3ccc(C4CCCN4)cc3F)cn12.O=CO.O=CO. The van der Waals surface area contributed by atoms with Crippen molar-refractivity contribution in [2.45, 2.75) is 44.6 Å². The van der Waals surface area contributed by atoms with Crippen molar-refractivity contribution in [3.05, 3.63) is 59.5 Å². The van der Waals surface area contributed by atoms with Crippen molar-refractivity contribution < 1.29 is 29.0 Å². The Hall–Kier alpha value is -3.87. The number of carboxylic acid groups (broad SMARTS) is 2. The monoisotopic (exact) mass is 597 g/mol. The molecule has 0 radical (unpaired) electrons. The molecule has 1 amide bonds. The summed E-state index contributed by atoms with van der Waals surface area (Å²) in [6, 6.07) is 11.5. The minimum absolute atomic E-state index is 0.0406. The Kier molecular flexibility index (Phi) is 11.4. The van der Waals surface area contributed by atoms with Crippen molar-refractivity contribution >= 4 is 45.4 Å². The molecule has 10 nitrogen and oxygen atoms in total. The van der Waals surface area contributed by atoms with Gasteiger partial charge >= 0.3 is 0 Å². The lowest BCUT2D eigenvalue weighted by Gasteiger charge is -2.26. The molecule has 2 aliphatic rings. The molecule has 4 aromatic rings. The van der Waals surface area contributed by atoms with Gasteiger partial charge in [0.05, 0.1) is 15.9 Å². The second kappa shape index (κ2) is 15.4. The number of nitrogens with one attached hydrogen (secondary N) is 2. The molecule has 42 heavy (non-hydrogen) atoms. The minimum Gasteiger partial charge on any atom is -0.483 e. The number of rotatable bonds is 7. The molecule has 2 saturated heterocycles. The van der Waals surface area contributed by atoms with Crippen LogP contribution in [0.1, 0.15) is 60.5 Å². The average Bonchev–Trinajstić information content (AvgIpc) is 3.74. The average molecular weight is 598 g/mol. The summed E-state index contributed by atoms with van der Waals surface area (Å²) in [6.07, 6.45) is 8.95. The molecule has 0 aliphatic carbocycles. The number of piperidine rings is 1. The first-order valence-corrected chi connectivity index (χ1v) is 14.9. The van der Waals surface area contributed by atoms with Gasteiger partial charge in [0.25, 0.3) is 18.9 Å². The molecular formula is C30H36FN5O5S. The first-order chi connectivity index (χ1) is 20.5. The van der Waals surface area contributed by atoms with E-state index in [1.54, 1.807) is 6.07 Å². The number of thiazole rings is 1. The molecule has 0 spiro atoms. The van der Waals surface area contributed by atoms with Gasteiger partial charge in [-0.3, -0.25) is 18.8 Å². The van der Waals surface area contributed by atoms with Gasteiger partial charge < -0.3 is 25.7 Å². The lowest BCUT2D eigenvalue weighted by Crippen LogP contribution is -2.33. The minimum atomic E-state index is -0.250. The summed E-state index contributed by atoms with van der Waals surface area (Å²) >= 11 is 1.52. The van der Waals surface area contributed by atoms with Crippen molar-refractivity contribution in [3.8, 4) is 11.3 Å². The van der Waals surface area contributed by atoms with Gasteiger partial charge in [-0.2, -0.15) is 0 Å². The summed E-state index contributed by atoms with van der Waals surface area (Å²) < 4.78 is 18.0. The van der Waals surface area contributed by atoms with E-state index in [0.717, 1.165) is 53.1 Å². The molecule has 1 unspecified atom stereocenters. The van der Waals surface area contributed by atoms with Gasteiger partial charge in [-0.15, -0.1) is 0 Å². The van der Waals surface area contributed by atoms with Crippen LogP contribution in [0.15, 0.2) is 42.6 Å². The molecule has 2 fully saturated rings. The zero-order chi connectivity index (χ0) is 29.9. The van der Waals surface area contributed by atoms with Crippen molar-refractivity contribution in [3.63, 3.8) is 0 Å². The number of nitrogens with zero attached hydrogens (tertiary/aromatic N) is 3. The number of halogens is 1. The van der Waals surface area contributed by atoms with Gasteiger partial charge in [-0.25, -0.2) is 9.37 Å². The van der Waals surface area contributed by atoms with E-state index in [9.17, 15) is 9.18 Å². The lowest BCUT2D eigenvalue weighted by atomic mass is 10.0. The van der Waals surface area contributed by atoms with E-state index >= 15 is 0 Å². The van der Waals surface area contributed by atoms with Gasteiger partial charge in [0.15, 0.2) is 4.96 Å². The van der Waals surface area contributed by atoms with Crippen LogP contribution < -0.4 is 10.6 Å². The van der Waals surface area contributed by atoms with Crippen LogP contribution in [-0.2, 0) is 9.59 Å². The van der Waals surface area contributed by atoms with Crippen LogP contribution in [0.4, 0.5) is 4.39 Å². The molecule has 2 aliphatic heterocycles. The number of carbonyl (C=O) groups excluding carboxylic acids is 1. The molecule has 0 bridgehead atoms. The molecule has 2 aromatic carbocycles. The molecule has 12 heteroatoms. The summed E-state index contributed by atoms with van der Waals surface area (Å²) in [7, 11) is 0. The molecular weight excluding hydrogens is 561 g/mol. The van der Waals surface area contributed by atoms with Gasteiger partial charge in [0, 0.05) is 29.9 Å². The van der Waals surface area contributed by atoms with Crippen molar-refractivity contribution in [2.24, 2.45) is 0 Å². The van der Waals surface area contributed by atoms with E-state index in [0.29, 0.717) is 23.4 Å². The van der Waals surface area contributed by atoms with Gasteiger partial charge in [0.1, 0.15) is 5.82 Å². The van der Waals surface area contributed by atoms with Gasteiger partial charge in [-0.1, -0.05) is 23.8 Å². The largest absolute Gasteiger partial charge is 0.483 e. The number of fused-ring (bicyclic) bond motifs is 3. The van der Waals surface area contributed by atoms with Crippen molar-refractivity contribution in [1.82, 2.24) is 24.9 Å². The first-order valence-electron chi connectivity index (χ1n) is 14.1. The fraction of sp³-hybridized carbons (Fsp3) is 0.400. The molecule has 4 N–H and O–H groups in total. The summed E-state index contributed by atoms with van der Waals surface area (Å²) in [6.45, 7) is 4.58. The van der Waals surface area contributed by atoms with E-state index < -0.39 is 0 Å². The van der Waals surface area contributed by atoms with E-state index in [4.69, 9.17) is 24.8 Å². The highest BCUT2D eigenvalue weighted by atomic mass is 32.1. The van der Waals surface area contributed by atoms with Crippen LogP contribution in [0.5, 0.6) is 0 Å². The highest BCUT2D eigenvalue weighted by Gasteiger charge is 2.19. The Morgan fingerprint density at radius 3 is 2.55 bits per heavy atom. The van der Waals surface area contributed by atoms with Crippen molar-refractivity contribution in [2.75, 3.05) is 32.7 Å². The third-order valence-electron chi connectivity index (χ3n) is 7.47. The number of hydrogen-bond acceptors (Lipinski definition) is 7. The highest BCUT2D eigenvalue weighted by Crippen LogP contribution is 2.32. The Bertz CT molecular complexity index is 1490. The zero-order valence-electron chi connectivity index (χ0n) is 23.3.